The molecule has 1 aliphatic rings. The Balaban J connectivity index is 2.00. The van der Waals surface area contributed by atoms with Crippen LogP contribution in [0.1, 0.15) is 32.3 Å². The van der Waals surface area contributed by atoms with Crippen molar-refractivity contribution in [1.29, 1.82) is 0 Å². The lowest BCUT2D eigenvalue weighted by atomic mass is 9.96. The second kappa shape index (κ2) is 7.55. The molecule has 21 heavy (non-hydrogen) atoms. The smallest absolute Gasteiger partial charge is 0.227 e. The van der Waals surface area contributed by atoms with Crippen LogP contribution >= 0.6 is 0 Å². The fourth-order valence-electron chi connectivity index (χ4n) is 2.85. The Morgan fingerprint density at radius 2 is 2.00 bits per heavy atom. The number of hydrogen-bond donors (Lipinski definition) is 1. The van der Waals surface area contributed by atoms with Crippen LogP contribution in [0.3, 0.4) is 0 Å². The van der Waals surface area contributed by atoms with Gasteiger partial charge in [-0.1, -0.05) is 18.2 Å². The normalized spacial score (nSPS) is 16.2. The zero-order valence-electron chi connectivity index (χ0n) is 12.9. The second-order valence-electron chi connectivity index (χ2n) is 6.10. The maximum atomic E-state index is 13.7. The van der Waals surface area contributed by atoms with E-state index in [1.54, 1.807) is 18.2 Å². The zero-order chi connectivity index (χ0) is 15.2. The number of nitrogens with one attached hydrogen (secondary N) is 1. The van der Waals surface area contributed by atoms with E-state index in [1.807, 2.05) is 18.7 Å². The Labute approximate surface area is 126 Å². The summed E-state index contributed by atoms with van der Waals surface area (Å²) in [7, 11) is 0. The molecule has 0 bridgehead atoms. The molecule has 1 N–H and O–H groups in total. The van der Waals surface area contributed by atoms with E-state index in [9.17, 15) is 9.18 Å². The molecule has 1 aliphatic heterocycles. The highest BCUT2D eigenvalue weighted by molar-refractivity contribution is 5.79. The quantitative estimate of drug-likeness (QED) is 0.905. The van der Waals surface area contributed by atoms with Crippen LogP contribution in [-0.4, -0.2) is 36.5 Å². The lowest BCUT2D eigenvalue weighted by Gasteiger charge is -2.33. The van der Waals surface area contributed by atoms with E-state index in [4.69, 9.17) is 0 Å². The van der Waals surface area contributed by atoms with E-state index in [0.29, 0.717) is 11.5 Å². The van der Waals surface area contributed by atoms with Gasteiger partial charge in [0.25, 0.3) is 0 Å². The number of benzene rings is 1. The molecule has 2 rings (SSSR count). The van der Waals surface area contributed by atoms with Gasteiger partial charge in [-0.05, 0) is 57.3 Å². The van der Waals surface area contributed by atoms with Gasteiger partial charge >= 0.3 is 0 Å². The first kappa shape index (κ1) is 16.0. The Morgan fingerprint density at radius 3 is 2.62 bits per heavy atom. The molecule has 4 heteroatoms. The van der Waals surface area contributed by atoms with Gasteiger partial charge in [-0.25, -0.2) is 4.39 Å². The molecule has 1 saturated heterocycles. The summed E-state index contributed by atoms with van der Waals surface area (Å²) in [5.74, 6) is 0.281. The standard InChI is InChI=1S/C17H25FN2O/c1-13(2)20(12-14-7-9-19-10-8-14)17(21)11-15-5-3-4-6-16(15)18/h3-6,13-14,19H,7-12H2,1-2H3. The molecular formula is C17H25FN2O. The van der Waals surface area contributed by atoms with Crippen molar-refractivity contribution in [1.82, 2.24) is 10.2 Å². The number of nitrogens with zero attached hydrogens (tertiary/aromatic N) is 1. The maximum absolute atomic E-state index is 13.7. The van der Waals surface area contributed by atoms with Gasteiger partial charge in [0, 0.05) is 12.6 Å². The fourth-order valence-corrected chi connectivity index (χ4v) is 2.85. The fraction of sp³-hybridized carbons (Fsp3) is 0.588. The third kappa shape index (κ3) is 4.53. The molecule has 0 unspecified atom stereocenters. The summed E-state index contributed by atoms with van der Waals surface area (Å²) in [4.78, 5) is 14.4. The Bertz CT molecular complexity index is 470. The number of amides is 1. The molecule has 116 valence electrons. The monoisotopic (exact) mass is 292 g/mol. The third-order valence-electron chi connectivity index (χ3n) is 4.16. The molecule has 0 spiro atoms. The average Bonchev–Trinajstić information content (AvgIpc) is 2.48. The minimum Gasteiger partial charge on any atom is -0.340 e. The van der Waals surface area contributed by atoms with E-state index >= 15 is 0 Å². The summed E-state index contributed by atoms with van der Waals surface area (Å²) in [6, 6.07) is 6.68. The Kier molecular flexibility index (Phi) is 5.74. The van der Waals surface area contributed by atoms with Crippen molar-refractivity contribution < 1.29 is 9.18 Å². The molecule has 1 amide bonds. The number of piperidine rings is 1. The molecule has 3 nitrogen and oxygen atoms in total. The van der Waals surface area contributed by atoms with Gasteiger partial charge in [-0.2, -0.15) is 0 Å². The Hall–Kier alpha value is -1.42. The van der Waals surface area contributed by atoms with Crippen LogP contribution < -0.4 is 5.32 Å². The summed E-state index contributed by atoms with van der Waals surface area (Å²) < 4.78 is 13.7. The predicted octanol–water partition coefficient (Wildman–Crippen LogP) is 2.60. The minimum absolute atomic E-state index is 0.0219. The summed E-state index contributed by atoms with van der Waals surface area (Å²) in [6.07, 6.45) is 2.36. The molecule has 1 fully saturated rings. The third-order valence-corrected chi connectivity index (χ3v) is 4.16. The van der Waals surface area contributed by atoms with Gasteiger partial charge in [0.05, 0.1) is 6.42 Å². The number of carbonyl (C=O) groups is 1. The van der Waals surface area contributed by atoms with Gasteiger partial charge in [-0.15, -0.1) is 0 Å². The van der Waals surface area contributed by atoms with Gasteiger partial charge in [0.1, 0.15) is 5.82 Å². The van der Waals surface area contributed by atoms with Gasteiger partial charge in [0.15, 0.2) is 0 Å². The van der Waals surface area contributed by atoms with Crippen molar-refractivity contribution in [2.24, 2.45) is 5.92 Å². The first-order valence-electron chi connectivity index (χ1n) is 7.81. The van der Waals surface area contributed by atoms with Gasteiger partial charge in [0.2, 0.25) is 5.91 Å². The highest BCUT2D eigenvalue weighted by Crippen LogP contribution is 2.17. The number of rotatable bonds is 5. The lowest BCUT2D eigenvalue weighted by Crippen LogP contribution is -2.43. The molecule has 1 aromatic carbocycles. The van der Waals surface area contributed by atoms with E-state index in [2.05, 4.69) is 5.32 Å². The summed E-state index contributed by atoms with van der Waals surface area (Å²) >= 11 is 0. The van der Waals surface area contributed by atoms with Crippen LogP contribution in [0.5, 0.6) is 0 Å². The number of hydrogen-bond acceptors (Lipinski definition) is 2. The van der Waals surface area contributed by atoms with Crippen molar-refractivity contribution in [3.8, 4) is 0 Å². The largest absolute Gasteiger partial charge is 0.340 e. The van der Waals surface area contributed by atoms with Crippen molar-refractivity contribution in [3.63, 3.8) is 0 Å². The number of carbonyl (C=O) groups excluding carboxylic acids is 1. The maximum Gasteiger partial charge on any atom is 0.227 e. The van der Waals surface area contributed by atoms with Gasteiger partial charge in [-0.3, -0.25) is 4.79 Å². The first-order valence-corrected chi connectivity index (χ1v) is 7.81. The average molecular weight is 292 g/mol. The molecule has 0 radical (unpaired) electrons. The molecular weight excluding hydrogens is 267 g/mol. The summed E-state index contributed by atoms with van der Waals surface area (Å²) in [5.41, 5.74) is 0.485. The summed E-state index contributed by atoms with van der Waals surface area (Å²) in [6.45, 7) is 6.89. The van der Waals surface area contributed by atoms with Gasteiger partial charge < -0.3 is 10.2 Å². The molecule has 1 aromatic rings. The van der Waals surface area contributed by atoms with Crippen LogP contribution in [0.15, 0.2) is 24.3 Å². The van der Waals surface area contributed by atoms with Crippen LogP contribution in [0, 0.1) is 11.7 Å². The topological polar surface area (TPSA) is 32.3 Å². The van der Waals surface area contributed by atoms with Crippen molar-refractivity contribution in [2.75, 3.05) is 19.6 Å². The molecule has 0 aliphatic carbocycles. The lowest BCUT2D eigenvalue weighted by molar-refractivity contribution is -0.133. The highest BCUT2D eigenvalue weighted by atomic mass is 19.1. The minimum atomic E-state index is -0.295. The van der Waals surface area contributed by atoms with Crippen LogP contribution in [0.2, 0.25) is 0 Å². The summed E-state index contributed by atoms with van der Waals surface area (Å²) in [5, 5.41) is 3.34. The Morgan fingerprint density at radius 1 is 1.33 bits per heavy atom. The van der Waals surface area contributed by atoms with E-state index in [-0.39, 0.29) is 24.2 Å². The second-order valence-corrected chi connectivity index (χ2v) is 6.10. The van der Waals surface area contributed by atoms with Crippen LogP contribution in [0.4, 0.5) is 4.39 Å². The number of halogens is 1. The first-order chi connectivity index (χ1) is 10.1. The zero-order valence-corrected chi connectivity index (χ0v) is 12.9. The van der Waals surface area contributed by atoms with Crippen LogP contribution in [0.25, 0.3) is 0 Å². The van der Waals surface area contributed by atoms with E-state index < -0.39 is 0 Å². The van der Waals surface area contributed by atoms with E-state index in [1.165, 1.54) is 6.07 Å². The van der Waals surface area contributed by atoms with Crippen molar-refractivity contribution in [3.05, 3.63) is 35.6 Å². The highest BCUT2D eigenvalue weighted by Gasteiger charge is 2.23. The SMILES string of the molecule is CC(C)N(CC1CCNCC1)C(=O)Cc1ccccc1F. The predicted molar refractivity (Wildman–Crippen MR) is 82.5 cm³/mol. The molecule has 0 atom stereocenters. The molecule has 1 heterocycles. The van der Waals surface area contributed by atoms with E-state index in [0.717, 1.165) is 32.5 Å². The molecule has 0 saturated carbocycles. The molecule has 0 aromatic heterocycles. The van der Waals surface area contributed by atoms with Crippen molar-refractivity contribution >= 4 is 5.91 Å². The van der Waals surface area contributed by atoms with Crippen LogP contribution in [-0.2, 0) is 11.2 Å². The van der Waals surface area contributed by atoms with Crippen molar-refractivity contribution in [2.45, 2.75) is 39.2 Å².